The van der Waals surface area contributed by atoms with Gasteiger partial charge in [0.05, 0.1) is 29.4 Å². The molecule has 5 unspecified atom stereocenters. The van der Waals surface area contributed by atoms with Crippen LogP contribution < -0.4 is 4.90 Å². The van der Waals surface area contributed by atoms with Crippen LogP contribution in [0.3, 0.4) is 0 Å². The van der Waals surface area contributed by atoms with E-state index in [-0.39, 0.29) is 41.5 Å². The first-order valence-corrected chi connectivity index (χ1v) is 14.5. The third-order valence-electron chi connectivity index (χ3n) is 9.55. The molecule has 1 N–H and O–H groups in total. The molecule has 2 aromatic heterocycles. The maximum absolute atomic E-state index is 13.8. The monoisotopic (exact) mass is 575 g/mol. The second-order valence-corrected chi connectivity index (χ2v) is 12.0. The highest BCUT2D eigenvalue weighted by Crippen LogP contribution is 2.59. The van der Waals surface area contributed by atoms with E-state index in [4.69, 9.17) is 14.2 Å². The van der Waals surface area contributed by atoms with Crippen molar-refractivity contribution >= 4 is 22.7 Å². The predicted octanol–water partition coefficient (Wildman–Crippen LogP) is 7.06. The van der Waals surface area contributed by atoms with E-state index >= 15 is 0 Å². The molecule has 5 atom stereocenters. The molecule has 7 nitrogen and oxygen atoms in total. The zero-order valence-corrected chi connectivity index (χ0v) is 22.6. The molecule has 0 radical (unpaired) electrons. The molecule has 4 aliphatic rings. The zero-order chi connectivity index (χ0) is 28.7. The fourth-order valence-corrected chi connectivity index (χ4v) is 7.44. The van der Waals surface area contributed by atoms with E-state index in [0.717, 1.165) is 54.9 Å². The van der Waals surface area contributed by atoms with E-state index in [2.05, 4.69) is 10.1 Å². The molecular formula is C32H28F3N3O4. The molecule has 2 aromatic carbocycles. The van der Waals surface area contributed by atoms with Crippen LogP contribution in [0.15, 0.2) is 59.1 Å². The summed E-state index contributed by atoms with van der Waals surface area (Å²) in [6, 6.07) is 15.0. The molecule has 8 rings (SSSR count). The first-order chi connectivity index (χ1) is 20.3. The minimum absolute atomic E-state index is 0.0223. The Bertz CT molecular complexity index is 1710. The van der Waals surface area contributed by atoms with Crippen LogP contribution in [0.5, 0.6) is 0 Å². The van der Waals surface area contributed by atoms with Gasteiger partial charge in [-0.1, -0.05) is 23.4 Å². The topological polar surface area (TPSA) is 88.7 Å². The highest BCUT2D eigenvalue weighted by Gasteiger charge is 2.63. The Hall–Kier alpha value is -3.92. The number of halogens is 3. The molecule has 2 aliphatic carbocycles. The van der Waals surface area contributed by atoms with Crippen LogP contribution in [-0.4, -0.2) is 39.4 Å². The number of hydrogen-bond acceptors (Lipinski definition) is 6. The van der Waals surface area contributed by atoms with Crippen molar-refractivity contribution in [2.75, 3.05) is 4.90 Å². The first-order valence-electron chi connectivity index (χ1n) is 14.5. The largest absolute Gasteiger partial charge is 0.478 e. The normalized spacial score (nSPS) is 26.5. The van der Waals surface area contributed by atoms with Gasteiger partial charge in [-0.05, 0) is 74.4 Å². The number of benzene rings is 2. The van der Waals surface area contributed by atoms with Gasteiger partial charge < -0.3 is 19.3 Å². The number of carbonyl (C=O) groups is 1. The number of hydrogen-bond donors (Lipinski definition) is 1. The summed E-state index contributed by atoms with van der Waals surface area (Å²) in [5.74, 6) is 1.50. The SMILES string of the molecule is O=C(O)c1ccc2nc(N3C4CCC3C3C(C4)C3OCc3c(-c4ccccc4C(F)(F)F)noc3C3CC3)ccc2c1. The molecule has 2 bridgehead atoms. The number of alkyl halides is 3. The number of carboxylic acids is 1. The van der Waals surface area contributed by atoms with Crippen LogP contribution in [0.25, 0.3) is 22.2 Å². The van der Waals surface area contributed by atoms with Crippen molar-refractivity contribution in [1.29, 1.82) is 0 Å². The smallest absolute Gasteiger partial charge is 0.417 e. The van der Waals surface area contributed by atoms with E-state index in [0.29, 0.717) is 29.2 Å². The number of aromatic carboxylic acids is 1. The van der Waals surface area contributed by atoms with Crippen molar-refractivity contribution in [2.24, 2.45) is 11.8 Å². The molecule has 2 aliphatic heterocycles. The minimum atomic E-state index is -4.50. The maximum Gasteiger partial charge on any atom is 0.417 e. The third-order valence-corrected chi connectivity index (χ3v) is 9.55. The highest BCUT2D eigenvalue weighted by atomic mass is 19.4. The van der Waals surface area contributed by atoms with Crippen molar-refractivity contribution < 1.29 is 32.3 Å². The predicted molar refractivity (Wildman–Crippen MR) is 147 cm³/mol. The number of rotatable bonds is 7. The summed E-state index contributed by atoms with van der Waals surface area (Å²) in [5, 5.41) is 14.2. The van der Waals surface area contributed by atoms with E-state index in [1.807, 2.05) is 12.1 Å². The Morgan fingerprint density at radius 3 is 2.69 bits per heavy atom. The Kier molecular flexibility index (Phi) is 5.70. The summed E-state index contributed by atoms with van der Waals surface area (Å²) in [6.45, 7) is 0.173. The summed E-state index contributed by atoms with van der Waals surface area (Å²) in [5.41, 5.74) is 1.15. The lowest BCUT2D eigenvalue weighted by Crippen LogP contribution is -2.42. The van der Waals surface area contributed by atoms with Gasteiger partial charge in [0.2, 0.25) is 0 Å². The number of aromatic nitrogens is 2. The van der Waals surface area contributed by atoms with Crippen LogP contribution in [0, 0.1) is 11.8 Å². The quantitative estimate of drug-likeness (QED) is 0.252. The van der Waals surface area contributed by atoms with Gasteiger partial charge in [0.25, 0.3) is 0 Å². The average Bonchev–Trinajstić information content (AvgIpc) is 3.87. The van der Waals surface area contributed by atoms with Gasteiger partial charge in [0.1, 0.15) is 17.3 Å². The van der Waals surface area contributed by atoms with Gasteiger partial charge in [-0.25, -0.2) is 9.78 Å². The fourth-order valence-electron chi connectivity index (χ4n) is 7.44. The lowest BCUT2D eigenvalue weighted by molar-refractivity contribution is -0.137. The number of fused-ring (bicyclic) bond motifs is 5. The van der Waals surface area contributed by atoms with E-state index in [1.165, 1.54) is 12.1 Å². The van der Waals surface area contributed by atoms with Crippen LogP contribution in [0.4, 0.5) is 19.0 Å². The van der Waals surface area contributed by atoms with Crippen molar-refractivity contribution in [3.05, 3.63) is 77.0 Å². The molecule has 216 valence electrons. The number of piperidine rings is 1. The van der Waals surface area contributed by atoms with Crippen LogP contribution >= 0.6 is 0 Å². The lowest BCUT2D eigenvalue weighted by Gasteiger charge is -2.35. The highest BCUT2D eigenvalue weighted by molar-refractivity contribution is 5.93. The second kappa shape index (κ2) is 9.29. The maximum atomic E-state index is 13.8. The molecule has 4 aromatic rings. The molecule has 0 amide bonds. The molecule has 2 saturated carbocycles. The van der Waals surface area contributed by atoms with Crippen molar-refractivity contribution in [3.63, 3.8) is 0 Å². The summed E-state index contributed by atoms with van der Waals surface area (Å²) in [4.78, 5) is 18.7. The summed E-state index contributed by atoms with van der Waals surface area (Å²) < 4.78 is 53.7. The van der Waals surface area contributed by atoms with Crippen LogP contribution in [-0.2, 0) is 17.5 Å². The van der Waals surface area contributed by atoms with E-state index in [9.17, 15) is 23.1 Å². The number of carboxylic acid groups (broad SMARTS) is 1. The molecule has 4 heterocycles. The Labute approximate surface area is 239 Å². The lowest BCUT2D eigenvalue weighted by atomic mass is 9.99. The Morgan fingerprint density at radius 1 is 1.07 bits per heavy atom. The molecule has 42 heavy (non-hydrogen) atoms. The number of ether oxygens (including phenoxy) is 1. The summed E-state index contributed by atoms with van der Waals surface area (Å²) in [7, 11) is 0. The van der Waals surface area contributed by atoms with Crippen molar-refractivity contribution in [1.82, 2.24) is 10.1 Å². The van der Waals surface area contributed by atoms with E-state index in [1.54, 1.807) is 24.3 Å². The van der Waals surface area contributed by atoms with Gasteiger partial charge in [-0.2, -0.15) is 13.2 Å². The van der Waals surface area contributed by atoms with Crippen molar-refractivity contribution in [2.45, 2.75) is 69.0 Å². The Balaban J connectivity index is 1.04. The molecular weight excluding hydrogens is 547 g/mol. The first kappa shape index (κ1) is 25.8. The standard InChI is InChI=1S/C32H28F3N3O4/c33-32(34,35)23-4-2-1-3-20(23)28-22(29(42-37-28)16-5-6-16)15-41-30-21-14-19-9-11-25(27(21)30)38(19)26-12-8-17-13-18(31(39)40)7-10-24(17)36-26/h1-4,7-8,10,12-13,16,19,21,25,27,30H,5-6,9,11,14-15H2,(H,39,40). The fraction of sp³-hybridized carbons (Fsp3) is 0.406. The van der Waals surface area contributed by atoms with Gasteiger partial charge in [0, 0.05) is 40.4 Å². The summed E-state index contributed by atoms with van der Waals surface area (Å²) >= 11 is 0. The van der Waals surface area contributed by atoms with Crippen LogP contribution in [0.1, 0.15) is 65.3 Å². The number of anilines is 1. The molecule has 0 spiro atoms. The van der Waals surface area contributed by atoms with E-state index < -0.39 is 17.7 Å². The van der Waals surface area contributed by atoms with Gasteiger partial charge in [-0.3, -0.25) is 0 Å². The van der Waals surface area contributed by atoms with Crippen molar-refractivity contribution in [3.8, 4) is 11.3 Å². The van der Waals surface area contributed by atoms with Gasteiger partial charge in [0.15, 0.2) is 0 Å². The molecule has 10 heteroatoms. The Morgan fingerprint density at radius 2 is 1.90 bits per heavy atom. The van der Waals surface area contributed by atoms with Gasteiger partial charge in [-0.15, -0.1) is 0 Å². The third kappa shape index (κ3) is 4.18. The number of pyridine rings is 1. The zero-order valence-electron chi connectivity index (χ0n) is 22.6. The number of nitrogens with zero attached hydrogens (tertiary/aromatic N) is 3. The van der Waals surface area contributed by atoms with Crippen LogP contribution in [0.2, 0.25) is 0 Å². The second-order valence-electron chi connectivity index (χ2n) is 12.0. The summed E-state index contributed by atoms with van der Waals surface area (Å²) in [6.07, 6.45) is 0.489. The van der Waals surface area contributed by atoms with Gasteiger partial charge >= 0.3 is 12.1 Å². The average molecular weight is 576 g/mol. The molecule has 2 saturated heterocycles. The molecule has 4 fully saturated rings. The minimum Gasteiger partial charge on any atom is -0.478 e.